The molecule has 2 aliphatic heterocycles. The predicted octanol–water partition coefficient (Wildman–Crippen LogP) is 12.3. The summed E-state index contributed by atoms with van der Waals surface area (Å²) in [4.78, 5) is 5.30. The summed E-state index contributed by atoms with van der Waals surface area (Å²) < 4.78 is 6.75. The summed E-state index contributed by atoms with van der Waals surface area (Å²) >= 11 is 0. The van der Waals surface area contributed by atoms with Gasteiger partial charge in [0.15, 0.2) is 0 Å². The Morgan fingerprint density at radius 3 is 2.12 bits per heavy atom. The number of allylic oxidation sites excluding steroid dienone is 8. The molecule has 0 saturated heterocycles. The molecule has 5 aliphatic rings. The molecule has 0 fully saturated rings. The average Bonchev–Trinajstić information content (AvgIpc) is 3.57. The van der Waals surface area contributed by atoms with E-state index in [0.29, 0.717) is 0 Å². The molecule has 0 aromatic heterocycles. The molecule has 3 nitrogen and oxygen atoms in total. The van der Waals surface area contributed by atoms with Crippen molar-refractivity contribution in [2.45, 2.75) is 36.8 Å². The Morgan fingerprint density at radius 1 is 0.607 bits per heavy atom. The van der Waals surface area contributed by atoms with Crippen molar-refractivity contribution >= 4 is 17.0 Å². The van der Waals surface area contributed by atoms with Crippen LogP contribution in [0.4, 0.5) is 0 Å². The second-order valence-electron chi connectivity index (χ2n) is 15.3. The Bertz CT molecular complexity index is 2710. The molecular formula is C53H40N2O. The van der Waals surface area contributed by atoms with Gasteiger partial charge in [-0.05, 0) is 93.1 Å². The minimum atomic E-state index is -0.331. The molecule has 6 aromatic rings. The number of para-hydroxylation sites is 1. The van der Waals surface area contributed by atoms with Crippen LogP contribution < -0.4 is 10.1 Å². The lowest BCUT2D eigenvalue weighted by Crippen LogP contribution is -2.37. The number of hydrogen-bond donors (Lipinski definition) is 1. The van der Waals surface area contributed by atoms with E-state index >= 15 is 0 Å². The molecule has 1 N–H and O–H groups in total. The first kappa shape index (κ1) is 32.7. The summed E-state index contributed by atoms with van der Waals surface area (Å²) in [6.07, 6.45) is 14.2. The zero-order chi connectivity index (χ0) is 37.1. The van der Waals surface area contributed by atoms with Crippen molar-refractivity contribution in [1.82, 2.24) is 5.32 Å². The van der Waals surface area contributed by atoms with E-state index in [1.54, 1.807) is 0 Å². The largest absolute Gasteiger partial charge is 0.457 e. The van der Waals surface area contributed by atoms with E-state index in [-0.39, 0.29) is 17.5 Å². The van der Waals surface area contributed by atoms with E-state index < -0.39 is 0 Å². The Hall–Kier alpha value is -6.71. The molecule has 3 heteroatoms. The van der Waals surface area contributed by atoms with Crippen molar-refractivity contribution in [3.8, 4) is 16.9 Å². The van der Waals surface area contributed by atoms with Crippen LogP contribution in [-0.4, -0.2) is 5.71 Å². The van der Waals surface area contributed by atoms with Gasteiger partial charge in [0.2, 0.25) is 0 Å². The topological polar surface area (TPSA) is 33.6 Å². The second kappa shape index (κ2) is 13.2. The first-order chi connectivity index (χ1) is 27.8. The van der Waals surface area contributed by atoms with Gasteiger partial charge in [-0.1, -0.05) is 170 Å². The molecule has 3 unspecified atom stereocenters. The van der Waals surface area contributed by atoms with Gasteiger partial charge < -0.3 is 10.1 Å². The maximum atomic E-state index is 6.75. The lowest BCUT2D eigenvalue weighted by Gasteiger charge is -2.44. The van der Waals surface area contributed by atoms with E-state index in [1.807, 2.05) is 0 Å². The van der Waals surface area contributed by atoms with Gasteiger partial charge in [-0.15, -0.1) is 0 Å². The molecule has 56 heavy (non-hydrogen) atoms. The molecule has 3 aliphatic carbocycles. The molecule has 11 rings (SSSR count). The molecule has 1 spiro atoms. The van der Waals surface area contributed by atoms with Crippen molar-refractivity contribution in [3.63, 3.8) is 0 Å². The average molecular weight is 721 g/mol. The number of benzene rings is 6. The number of rotatable bonds is 5. The summed E-state index contributed by atoms with van der Waals surface area (Å²) in [5.74, 6) is 2.19. The van der Waals surface area contributed by atoms with Crippen molar-refractivity contribution in [2.24, 2.45) is 4.99 Å². The molecule has 2 heterocycles. The summed E-state index contributed by atoms with van der Waals surface area (Å²) in [6.45, 7) is 0. The Labute approximate surface area is 328 Å². The van der Waals surface area contributed by atoms with Crippen LogP contribution in [0.25, 0.3) is 22.4 Å². The number of aliphatic imine (C=N–C) groups is 1. The fourth-order valence-corrected chi connectivity index (χ4v) is 9.81. The van der Waals surface area contributed by atoms with E-state index in [1.165, 1.54) is 50.1 Å². The molecule has 6 aromatic carbocycles. The fraction of sp³-hybridized carbons (Fsp3) is 0.113. The SMILES string of the molecule is C1=CC2=C(CC1)C1(C3=C(C=CC(c4ccc(-c5ccccc5C5N=C(c6ccccc6)C=C(c6ccccc6)N5)cc4)C3)Oc3ccccc31)c1ccccc12. The van der Waals surface area contributed by atoms with E-state index in [9.17, 15) is 0 Å². The maximum absolute atomic E-state index is 6.75. The van der Waals surface area contributed by atoms with E-state index in [4.69, 9.17) is 9.73 Å². The minimum Gasteiger partial charge on any atom is -0.457 e. The van der Waals surface area contributed by atoms with Crippen LogP contribution in [0.1, 0.15) is 70.3 Å². The molecule has 0 amide bonds. The predicted molar refractivity (Wildman–Crippen MR) is 228 cm³/mol. The van der Waals surface area contributed by atoms with Crippen LogP contribution in [0, 0.1) is 0 Å². The van der Waals surface area contributed by atoms with Crippen LogP contribution >= 0.6 is 0 Å². The highest BCUT2D eigenvalue weighted by atomic mass is 16.5. The standard InChI is InChI=1S/C53H40N2O/c1-3-15-37(16-4-1)48-34-49(38-17-5-2-6-18-38)55-52(54-48)43-22-8-7-19-40(43)36-29-27-35(28-30-36)39-31-32-51-47(33-39)53(46-25-13-14-26-50(46)56-51)44-23-11-9-20-41(44)42-21-10-12-24-45(42)53/h1-11,13-23,25-32,34,39,52,54H,12,24,33H2. The highest BCUT2D eigenvalue weighted by molar-refractivity contribution is 6.13. The van der Waals surface area contributed by atoms with Crippen LogP contribution in [0.2, 0.25) is 0 Å². The molecule has 0 radical (unpaired) electrons. The van der Waals surface area contributed by atoms with Gasteiger partial charge in [-0.3, -0.25) is 4.99 Å². The summed E-state index contributed by atoms with van der Waals surface area (Å²) in [7, 11) is 0. The Kier molecular flexibility index (Phi) is 7.73. The number of nitrogens with zero attached hydrogens (tertiary/aromatic N) is 1. The van der Waals surface area contributed by atoms with Gasteiger partial charge in [-0.25, -0.2) is 0 Å². The highest BCUT2D eigenvalue weighted by Crippen LogP contribution is 2.63. The zero-order valence-corrected chi connectivity index (χ0v) is 31.0. The number of fused-ring (bicyclic) bond motifs is 7. The molecule has 268 valence electrons. The van der Waals surface area contributed by atoms with Crippen molar-refractivity contribution in [3.05, 3.63) is 244 Å². The highest BCUT2D eigenvalue weighted by Gasteiger charge is 2.53. The summed E-state index contributed by atoms with van der Waals surface area (Å²) in [6, 6.07) is 56.8. The third-order valence-corrected chi connectivity index (χ3v) is 12.3. The lowest BCUT2D eigenvalue weighted by atomic mass is 9.61. The fourth-order valence-electron chi connectivity index (χ4n) is 9.81. The van der Waals surface area contributed by atoms with Gasteiger partial charge >= 0.3 is 0 Å². The third-order valence-electron chi connectivity index (χ3n) is 12.3. The van der Waals surface area contributed by atoms with Crippen molar-refractivity contribution in [1.29, 1.82) is 0 Å². The molecule has 0 saturated carbocycles. The maximum Gasteiger partial charge on any atom is 0.146 e. The van der Waals surface area contributed by atoms with Gasteiger partial charge in [0.1, 0.15) is 17.7 Å². The van der Waals surface area contributed by atoms with Gasteiger partial charge in [0.25, 0.3) is 0 Å². The van der Waals surface area contributed by atoms with Gasteiger partial charge in [0.05, 0.1) is 11.1 Å². The molecule has 0 bridgehead atoms. The number of hydrogen-bond acceptors (Lipinski definition) is 3. The molecule has 3 atom stereocenters. The Balaban J connectivity index is 0.947. The molecular weight excluding hydrogens is 681 g/mol. The minimum absolute atomic E-state index is 0.219. The quantitative estimate of drug-likeness (QED) is 0.192. The van der Waals surface area contributed by atoms with Gasteiger partial charge in [0, 0.05) is 22.7 Å². The van der Waals surface area contributed by atoms with E-state index in [2.05, 4.69) is 193 Å². The first-order valence-electron chi connectivity index (χ1n) is 19.8. The zero-order valence-electron chi connectivity index (χ0n) is 31.0. The second-order valence-corrected chi connectivity index (χ2v) is 15.3. The van der Waals surface area contributed by atoms with Crippen molar-refractivity contribution in [2.75, 3.05) is 0 Å². The van der Waals surface area contributed by atoms with Crippen molar-refractivity contribution < 1.29 is 4.74 Å². The smallest absolute Gasteiger partial charge is 0.146 e. The van der Waals surface area contributed by atoms with Crippen LogP contribution in [0.15, 0.2) is 210 Å². The first-order valence-corrected chi connectivity index (χ1v) is 19.8. The Morgan fingerprint density at radius 2 is 1.30 bits per heavy atom. The van der Waals surface area contributed by atoms with E-state index in [0.717, 1.165) is 58.9 Å². The van der Waals surface area contributed by atoms with Gasteiger partial charge in [-0.2, -0.15) is 0 Å². The van der Waals surface area contributed by atoms with Crippen LogP contribution in [0.5, 0.6) is 5.75 Å². The summed E-state index contributed by atoms with van der Waals surface area (Å²) in [5, 5.41) is 3.78. The van der Waals surface area contributed by atoms with Crippen LogP contribution in [0.3, 0.4) is 0 Å². The summed E-state index contributed by atoms with van der Waals surface area (Å²) in [5.41, 5.74) is 17.1. The number of ether oxygens (including phenoxy) is 1. The third kappa shape index (κ3) is 5.15. The normalized spacial score (nSPS) is 21.6. The monoisotopic (exact) mass is 720 g/mol. The number of nitrogens with one attached hydrogen (secondary N) is 1. The lowest BCUT2D eigenvalue weighted by molar-refractivity contribution is 0.381. The van der Waals surface area contributed by atoms with Crippen LogP contribution in [-0.2, 0) is 5.41 Å².